The number of benzene rings is 1. The lowest BCUT2D eigenvalue weighted by atomic mass is 10.0. The summed E-state index contributed by atoms with van der Waals surface area (Å²) in [6.45, 7) is 2.04. The van der Waals surface area contributed by atoms with Gasteiger partial charge in [0.05, 0.1) is 6.20 Å². The molecule has 0 aliphatic carbocycles. The molecule has 0 aliphatic rings. The van der Waals surface area contributed by atoms with Crippen LogP contribution in [0.5, 0.6) is 0 Å². The van der Waals surface area contributed by atoms with E-state index in [1.54, 1.807) is 0 Å². The first kappa shape index (κ1) is 9.98. The van der Waals surface area contributed by atoms with Gasteiger partial charge in [-0.15, -0.1) is 5.10 Å². The third-order valence-electron chi connectivity index (χ3n) is 2.23. The van der Waals surface area contributed by atoms with Gasteiger partial charge in [-0.05, 0) is 23.5 Å². The standard InChI is InChI=1S/C11H10N2OS/c1-2-8-5-3-4-6-9(8)11(14)10-7-12-13-15-10/h3-7H,2H2,1H3. The molecule has 2 aromatic rings. The van der Waals surface area contributed by atoms with Gasteiger partial charge in [0.1, 0.15) is 4.88 Å². The molecule has 1 aromatic carbocycles. The van der Waals surface area contributed by atoms with Crippen LogP contribution < -0.4 is 0 Å². The number of nitrogens with zero attached hydrogens (tertiary/aromatic N) is 2. The predicted octanol–water partition coefficient (Wildman–Crippen LogP) is 2.33. The van der Waals surface area contributed by atoms with Gasteiger partial charge in [0.25, 0.3) is 0 Å². The van der Waals surface area contributed by atoms with Crippen LogP contribution in [-0.2, 0) is 6.42 Å². The molecule has 3 nitrogen and oxygen atoms in total. The van der Waals surface area contributed by atoms with Crippen molar-refractivity contribution in [1.82, 2.24) is 9.59 Å². The van der Waals surface area contributed by atoms with E-state index < -0.39 is 0 Å². The number of aryl methyl sites for hydroxylation is 1. The molecule has 0 N–H and O–H groups in total. The van der Waals surface area contributed by atoms with Crippen molar-refractivity contribution in [3.05, 3.63) is 46.5 Å². The van der Waals surface area contributed by atoms with Gasteiger partial charge in [-0.25, -0.2) is 0 Å². The molecule has 0 aliphatic heterocycles. The predicted molar refractivity (Wildman–Crippen MR) is 59.2 cm³/mol. The molecule has 0 radical (unpaired) electrons. The summed E-state index contributed by atoms with van der Waals surface area (Å²) in [7, 11) is 0. The molecule has 0 saturated carbocycles. The Morgan fingerprint density at radius 2 is 2.20 bits per heavy atom. The Balaban J connectivity index is 2.42. The van der Waals surface area contributed by atoms with Crippen LogP contribution in [0, 0.1) is 0 Å². The molecule has 1 aromatic heterocycles. The summed E-state index contributed by atoms with van der Waals surface area (Å²) in [5.74, 6) is 0.0162. The zero-order valence-electron chi connectivity index (χ0n) is 8.30. The van der Waals surface area contributed by atoms with Crippen molar-refractivity contribution in [2.75, 3.05) is 0 Å². The van der Waals surface area contributed by atoms with Gasteiger partial charge in [-0.1, -0.05) is 35.7 Å². The highest BCUT2D eigenvalue weighted by atomic mass is 32.1. The maximum Gasteiger partial charge on any atom is 0.206 e. The molecular formula is C11H10N2OS. The highest BCUT2D eigenvalue weighted by molar-refractivity contribution is 7.08. The molecule has 2 rings (SSSR count). The maximum atomic E-state index is 12.0. The fourth-order valence-electron chi connectivity index (χ4n) is 1.45. The minimum absolute atomic E-state index is 0.0162. The normalized spacial score (nSPS) is 10.2. The van der Waals surface area contributed by atoms with Crippen molar-refractivity contribution >= 4 is 17.3 Å². The van der Waals surface area contributed by atoms with Crippen LogP contribution in [0.3, 0.4) is 0 Å². The smallest absolute Gasteiger partial charge is 0.206 e. The van der Waals surface area contributed by atoms with Gasteiger partial charge in [0, 0.05) is 5.56 Å². The molecule has 0 amide bonds. The Labute approximate surface area is 91.9 Å². The molecule has 76 valence electrons. The van der Waals surface area contributed by atoms with Gasteiger partial charge >= 0.3 is 0 Å². The molecule has 0 bridgehead atoms. The van der Waals surface area contributed by atoms with Crippen LogP contribution in [0.2, 0.25) is 0 Å². The van der Waals surface area contributed by atoms with Crippen LogP contribution in [0.1, 0.15) is 27.7 Å². The Hall–Kier alpha value is -1.55. The molecule has 0 unspecified atom stereocenters. The lowest BCUT2D eigenvalue weighted by Gasteiger charge is -2.03. The number of hydrogen-bond acceptors (Lipinski definition) is 4. The van der Waals surface area contributed by atoms with Crippen LogP contribution in [-0.4, -0.2) is 15.4 Å². The van der Waals surface area contributed by atoms with Gasteiger partial charge in [-0.2, -0.15) is 0 Å². The van der Waals surface area contributed by atoms with Crippen LogP contribution >= 0.6 is 11.5 Å². The summed E-state index contributed by atoms with van der Waals surface area (Å²) >= 11 is 1.13. The van der Waals surface area contributed by atoms with Crippen molar-refractivity contribution in [2.45, 2.75) is 13.3 Å². The average molecular weight is 218 g/mol. The quantitative estimate of drug-likeness (QED) is 0.742. The third kappa shape index (κ3) is 1.94. The van der Waals surface area contributed by atoms with E-state index in [2.05, 4.69) is 9.59 Å². The summed E-state index contributed by atoms with van der Waals surface area (Å²) in [5.41, 5.74) is 1.82. The van der Waals surface area contributed by atoms with Crippen molar-refractivity contribution in [1.29, 1.82) is 0 Å². The Morgan fingerprint density at radius 1 is 1.40 bits per heavy atom. The van der Waals surface area contributed by atoms with E-state index in [1.807, 2.05) is 31.2 Å². The minimum Gasteiger partial charge on any atom is -0.288 e. The van der Waals surface area contributed by atoms with Crippen LogP contribution in [0.15, 0.2) is 30.5 Å². The first-order chi connectivity index (χ1) is 7.33. The summed E-state index contributed by atoms with van der Waals surface area (Å²) in [6, 6.07) is 7.64. The zero-order valence-corrected chi connectivity index (χ0v) is 9.12. The number of aromatic nitrogens is 2. The highest BCUT2D eigenvalue weighted by Gasteiger charge is 2.13. The van der Waals surface area contributed by atoms with E-state index in [-0.39, 0.29) is 5.78 Å². The number of hydrogen-bond donors (Lipinski definition) is 0. The van der Waals surface area contributed by atoms with Gasteiger partial charge in [0.2, 0.25) is 5.78 Å². The second kappa shape index (κ2) is 4.31. The summed E-state index contributed by atoms with van der Waals surface area (Å²) in [5, 5.41) is 3.67. The number of rotatable bonds is 3. The molecule has 15 heavy (non-hydrogen) atoms. The monoisotopic (exact) mass is 218 g/mol. The summed E-state index contributed by atoms with van der Waals surface area (Å²) < 4.78 is 3.70. The van der Waals surface area contributed by atoms with E-state index >= 15 is 0 Å². The van der Waals surface area contributed by atoms with Crippen molar-refractivity contribution < 1.29 is 4.79 Å². The maximum absolute atomic E-state index is 12.0. The molecule has 0 atom stereocenters. The van der Waals surface area contributed by atoms with Crippen LogP contribution in [0.25, 0.3) is 0 Å². The first-order valence-electron chi connectivity index (χ1n) is 4.73. The van der Waals surface area contributed by atoms with E-state index in [1.165, 1.54) is 6.20 Å². The molecule has 4 heteroatoms. The van der Waals surface area contributed by atoms with E-state index in [0.29, 0.717) is 4.88 Å². The lowest BCUT2D eigenvalue weighted by molar-refractivity contribution is 0.104. The van der Waals surface area contributed by atoms with Gasteiger partial charge in [-0.3, -0.25) is 4.79 Å². The highest BCUT2D eigenvalue weighted by Crippen LogP contribution is 2.16. The van der Waals surface area contributed by atoms with Crippen LogP contribution in [0.4, 0.5) is 0 Å². The molecule has 0 fully saturated rings. The largest absolute Gasteiger partial charge is 0.288 e. The SMILES string of the molecule is CCc1ccccc1C(=O)c1cnns1. The Kier molecular flexibility index (Phi) is 2.87. The van der Waals surface area contributed by atoms with Gasteiger partial charge < -0.3 is 0 Å². The van der Waals surface area contributed by atoms with E-state index in [4.69, 9.17) is 0 Å². The van der Waals surface area contributed by atoms with Crippen molar-refractivity contribution in [3.63, 3.8) is 0 Å². The van der Waals surface area contributed by atoms with Gasteiger partial charge in [0.15, 0.2) is 0 Å². The molecule has 1 heterocycles. The van der Waals surface area contributed by atoms with Crippen molar-refractivity contribution in [3.8, 4) is 0 Å². The fourth-order valence-corrected chi connectivity index (χ4v) is 1.92. The third-order valence-corrected chi connectivity index (χ3v) is 2.89. The number of carbonyl (C=O) groups excluding carboxylic acids is 1. The molecule has 0 spiro atoms. The number of carbonyl (C=O) groups is 1. The zero-order chi connectivity index (χ0) is 10.7. The second-order valence-electron chi connectivity index (χ2n) is 3.12. The molecule has 0 saturated heterocycles. The Morgan fingerprint density at radius 3 is 2.87 bits per heavy atom. The summed E-state index contributed by atoms with van der Waals surface area (Å²) in [4.78, 5) is 12.6. The molecular weight excluding hydrogens is 208 g/mol. The fraction of sp³-hybridized carbons (Fsp3) is 0.182. The average Bonchev–Trinajstić information content (AvgIpc) is 2.81. The topological polar surface area (TPSA) is 42.9 Å². The van der Waals surface area contributed by atoms with E-state index in [9.17, 15) is 4.79 Å². The summed E-state index contributed by atoms with van der Waals surface area (Å²) in [6.07, 6.45) is 2.37. The number of ketones is 1. The van der Waals surface area contributed by atoms with Crippen molar-refractivity contribution in [2.24, 2.45) is 0 Å². The Bertz CT molecular complexity index is 465. The minimum atomic E-state index is 0.0162. The van der Waals surface area contributed by atoms with E-state index in [0.717, 1.165) is 29.1 Å². The first-order valence-corrected chi connectivity index (χ1v) is 5.50. The lowest BCUT2D eigenvalue weighted by Crippen LogP contribution is -2.02. The second-order valence-corrected chi connectivity index (χ2v) is 3.91.